The van der Waals surface area contributed by atoms with Crippen LogP contribution in [0.2, 0.25) is 0 Å². The summed E-state index contributed by atoms with van der Waals surface area (Å²) in [6, 6.07) is -0.537. The van der Waals surface area contributed by atoms with Crippen LogP contribution in [0.25, 0.3) is 0 Å². The van der Waals surface area contributed by atoms with E-state index in [1.807, 2.05) is 0 Å². The topological polar surface area (TPSA) is 95.9 Å². The Bertz CT molecular complexity index is 1070. The molecule has 0 aliphatic carbocycles. The monoisotopic (exact) mass is 1050 g/mol. The molecule has 0 radical (unpaired) electrons. The van der Waals surface area contributed by atoms with Crippen LogP contribution in [0.3, 0.4) is 0 Å². The van der Waals surface area contributed by atoms with Gasteiger partial charge >= 0.3 is 5.97 Å². The average Bonchev–Trinajstić information content (AvgIpc) is 3.40. The van der Waals surface area contributed by atoms with Crippen molar-refractivity contribution in [3.63, 3.8) is 0 Å². The molecule has 0 bridgehead atoms. The standard InChI is InChI=1S/C68H135NO5/c1-3-5-7-9-11-13-15-16-17-34-37-41-44-48-52-56-60-66(71)65(64-70)69-67(72)61-57-53-49-45-42-38-35-32-30-28-26-24-22-20-18-19-21-23-25-27-29-31-33-36-39-43-47-51-55-59-63-74-68(73)62-58-54-50-46-40-14-12-10-8-6-4-2/h65-66,70-71H,3-64H2,1-2H3,(H,69,72). The highest BCUT2D eigenvalue weighted by atomic mass is 16.5. The van der Waals surface area contributed by atoms with Crippen molar-refractivity contribution in [2.24, 2.45) is 0 Å². The number of unbranched alkanes of at least 4 members (excludes halogenated alkanes) is 54. The van der Waals surface area contributed by atoms with Crippen molar-refractivity contribution in [1.29, 1.82) is 0 Å². The van der Waals surface area contributed by atoms with Crippen LogP contribution in [0.5, 0.6) is 0 Å². The van der Waals surface area contributed by atoms with Gasteiger partial charge in [-0.15, -0.1) is 0 Å². The molecule has 0 rings (SSSR count). The van der Waals surface area contributed by atoms with Crippen LogP contribution in [0.1, 0.15) is 399 Å². The maximum Gasteiger partial charge on any atom is 0.305 e. The molecular formula is C68H135NO5. The minimum absolute atomic E-state index is 0.0208. The zero-order valence-electron chi connectivity index (χ0n) is 50.6. The molecule has 6 heteroatoms. The van der Waals surface area contributed by atoms with Crippen LogP contribution in [0.4, 0.5) is 0 Å². The molecule has 0 heterocycles. The van der Waals surface area contributed by atoms with E-state index in [9.17, 15) is 19.8 Å². The van der Waals surface area contributed by atoms with Crippen LogP contribution in [-0.2, 0) is 14.3 Å². The first-order valence-electron chi connectivity index (χ1n) is 34.3. The second-order valence-electron chi connectivity index (χ2n) is 23.9. The van der Waals surface area contributed by atoms with E-state index in [4.69, 9.17) is 4.74 Å². The fourth-order valence-electron chi connectivity index (χ4n) is 11.2. The molecule has 442 valence electrons. The highest BCUT2D eigenvalue weighted by Gasteiger charge is 2.20. The number of hydrogen-bond donors (Lipinski definition) is 3. The number of aliphatic hydroxyl groups excluding tert-OH is 2. The summed E-state index contributed by atoms with van der Waals surface area (Å²) < 4.78 is 5.48. The van der Waals surface area contributed by atoms with E-state index >= 15 is 0 Å². The quantitative estimate of drug-likeness (QED) is 0.0417. The molecule has 0 aromatic rings. The zero-order chi connectivity index (χ0) is 53.6. The van der Waals surface area contributed by atoms with Gasteiger partial charge < -0.3 is 20.3 Å². The van der Waals surface area contributed by atoms with Crippen molar-refractivity contribution < 1.29 is 24.5 Å². The van der Waals surface area contributed by atoms with E-state index in [1.165, 1.54) is 327 Å². The lowest BCUT2D eigenvalue weighted by Gasteiger charge is -2.22. The lowest BCUT2D eigenvalue weighted by atomic mass is 10.0. The summed E-state index contributed by atoms with van der Waals surface area (Å²) in [5.74, 6) is -0.00628. The van der Waals surface area contributed by atoms with Gasteiger partial charge in [-0.1, -0.05) is 361 Å². The van der Waals surface area contributed by atoms with Crippen molar-refractivity contribution in [3.8, 4) is 0 Å². The number of carbonyl (C=O) groups is 2. The first-order valence-corrected chi connectivity index (χ1v) is 34.3. The van der Waals surface area contributed by atoms with E-state index in [2.05, 4.69) is 19.2 Å². The number of nitrogens with one attached hydrogen (secondary N) is 1. The smallest absolute Gasteiger partial charge is 0.305 e. The molecule has 2 atom stereocenters. The average molecular weight is 1050 g/mol. The highest BCUT2D eigenvalue weighted by Crippen LogP contribution is 2.19. The first kappa shape index (κ1) is 72.9. The molecule has 0 fully saturated rings. The second-order valence-corrected chi connectivity index (χ2v) is 23.9. The van der Waals surface area contributed by atoms with Crippen LogP contribution in [-0.4, -0.2) is 47.4 Å². The molecule has 74 heavy (non-hydrogen) atoms. The Hall–Kier alpha value is -1.14. The third kappa shape index (κ3) is 60.1. The molecule has 1 amide bonds. The summed E-state index contributed by atoms with van der Waals surface area (Å²) in [6.45, 7) is 4.99. The molecule has 0 spiro atoms. The molecular weight excluding hydrogens is 911 g/mol. The minimum Gasteiger partial charge on any atom is -0.466 e. The Labute approximate surface area is 464 Å². The Kier molecular flexibility index (Phi) is 63.4. The van der Waals surface area contributed by atoms with Crippen LogP contribution in [0.15, 0.2) is 0 Å². The molecule has 3 N–H and O–H groups in total. The van der Waals surface area contributed by atoms with Crippen molar-refractivity contribution in [3.05, 3.63) is 0 Å². The van der Waals surface area contributed by atoms with E-state index in [0.29, 0.717) is 25.9 Å². The molecule has 0 aliphatic heterocycles. The van der Waals surface area contributed by atoms with Crippen molar-refractivity contribution in [2.45, 2.75) is 411 Å². The summed E-state index contributed by atoms with van der Waals surface area (Å²) in [7, 11) is 0. The first-order chi connectivity index (χ1) is 36.5. The Balaban J connectivity index is 3.32. The predicted molar refractivity (Wildman–Crippen MR) is 324 cm³/mol. The second kappa shape index (κ2) is 64.4. The van der Waals surface area contributed by atoms with Crippen LogP contribution in [0, 0.1) is 0 Å². The Morgan fingerprint density at radius 1 is 0.324 bits per heavy atom. The van der Waals surface area contributed by atoms with Crippen molar-refractivity contribution in [2.75, 3.05) is 13.2 Å². The van der Waals surface area contributed by atoms with Gasteiger partial charge in [-0.2, -0.15) is 0 Å². The Morgan fingerprint density at radius 2 is 0.554 bits per heavy atom. The normalized spacial score (nSPS) is 12.4. The van der Waals surface area contributed by atoms with E-state index in [1.54, 1.807) is 0 Å². The number of amides is 1. The van der Waals surface area contributed by atoms with Gasteiger partial charge in [0.25, 0.3) is 0 Å². The molecule has 0 saturated heterocycles. The third-order valence-corrected chi connectivity index (χ3v) is 16.4. The van der Waals surface area contributed by atoms with Gasteiger partial charge in [0.1, 0.15) is 0 Å². The Morgan fingerprint density at radius 3 is 0.824 bits per heavy atom. The fraction of sp³-hybridized carbons (Fsp3) is 0.971. The van der Waals surface area contributed by atoms with E-state index in [-0.39, 0.29) is 18.5 Å². The maximum atomic E-state index is 12.5. The molecule has 0 aromatic carbocycles. The number of aliphatic hydroxyl groups is 2. The number of esters is 1. The molecule has 0 aliphatic rings. The van der Waals surface area contributed by atoms with Gasteiger partial charge in [-0.3, -0.25) is 9.59 Å². The largest absolute Gasteiger partial charge is 0.466 e. The van der Waals surface area contributed by atoms with Crippen LogP contribution >= 0.6 is 0 Å². The van der Waals surface area contributed by atoms with Crippen molar-refractivity contribution >= 4 is 11.9 Å². The zero-order valence-corrected chi connectivity index (χ0v) is 50.6. The van der Waals surface area contributed by atoms with Gasteiger partial charge in [0.15, 0.2) is 0 Å². The molecule has 0 aromatic heterocycles. The maximum absolute atomic E-state index is 12.5. The van der Waals surface area contributed by atoms with Crippen molar-refractivity contribution in [1.82, 2.24) is 5.32 Å². The van der Waals surface area contributed by atoms with Crippen LogP contribution < -0.4 is 5.32 Å². The number of hydrogen-bond acceptors (Lipinski definition) is 5. The van der Waals surface area contributed by atoms with Gasteiger partial charge in [-0.25, -0.2) is 0 Å². The minimum atomic E-state index is -0.660. The summed E-state index contributed by atoms with van der Waals surface area (Å²) >= 11 is 0. The fourth-order valence-corrected chi connectivity index (χ4v) is 11.2. The number of ether oxygens (including phenoxy) is 1. The van der Waals surface area contributed by atoms with Gasteiger partial charge in [0.05, 0.1) is 25.4 Å². The summed E-state index contributed by atoms with van der Waals surface area (Å²) in [6.07, 6.45) is 77.2. The lowest BCUT2D eigenvalue weighted by Crippen LogP contribution is -2.45. The highest BCUT2D eigenvalue weighted by molar-refractivity contribution is 5.76. The summed E-state index contributed by atoms with van der Waals surface area (Å²) in [4.78, 5) is 24.5. The molecule has 0 saturated carbocycles. The lowest BCUT2D eigenvalue weighted by molar-refractivity contribution is -0.143. The predicted octanol–water partition coefficient (Wildman–Crippen LogP) is 21.8. The van der Waals surface area contributed by atoms with Gasteiger partial charge in [0.2, 0.25) is 5.91 Å². The molecule has 6 nitrogen and oxygen atoms in total. The number of carbonyl (C=O) groups excluding carboxylic acids is 2. The molecule has 2 unspecified atom stereocenters. The van der Waals surface area contributed by atoms with E-state index in [0.717, 1.165) is 38.5 Å². The van der Waals surface area contributed by atoms with Gasteiger partial charge in [-0.05, 0) is 25.7 Å². The van der Waals surface area contributed by atoms with E-state index < -0.39 is 12.1 Å². The third-order valence-electron chi connectivity index (χ3n) is 16.4. The SMILES string of the molecule is CCCCCCCCCCCCCCCCCCC(O)C(CO)NC(=O)CCCCCCCCCCCCCCCCCCCCCCCCCCCCCCCCOC(=O)CCCCCCCCCCCCC. The number of rotatable bonds is 65. The summed E-state index contributed by atoms with van der Waals surface area (Å²) in [5, 5.41) is 23.3. The summed E-state index contributed by atoms with van der Waals surface area (Å²) in [5.41, 5.74) is 0. The van der Waals surface area contributed by atoms with Gasteiger partial charge in [0, 0.05) is 12.8 Å².